The number of benzene rings is 1. The lowest BCUT2D eigenvalue weighted by Crippen LogP contribution is -2.49. The van der Waals surface area contributed by atoms with E-state index in [-0.39, 0.29) is 17.6 Å². The molecular weight excluding hydrogens is 523 g/mol. The van der Waals surface area contributed by atoms with E-state index in [4.69, 9.17) is 4.74 Å². The number of anilines is 5. The normalized spacial score (nSPS) is 14.8. The molecule has 2 N–H and O–H groups in total. The van der Waals surface area contributed by atoms with Crippen molar-refractivity contribution < 1.29 is 26.3 Å². The largest absolute Gasteiger partial charge is 0.479 e. The predicted octanol–water partition coefficient (Wildman–Crippen LogP) is 4.25. The van der Waals surface area contributed by atoms with Gasteiger partial charge in [0.25, 0.3) is 0 Å². The zero-order valence-electron chi connectivity index (χ0n) is 20.9. The van der Waals surface area contributed by atoms with Crippen molar-refractivity contribution in [3.8, 4) is 5.88 Å². The average molecular weight is 552 g/mol. The third kappa shape index (κ3) is 6.42. The maximum atomic E-state index is 13.6. The van der Waals surface area contributed by atoms with Crippen molar-refractivity contribution in [3.05, 3.63) is 54.2 Å². The number of hydrogen-bond acceptors (Lipinski definition) is 9. The van der Waals surface area contributed by atoms with Gasteiger partial charge in [0.15, 0.2) is 0 Å². The van der Waals surface area contributed by atoms with Crippen molar-refractivity contribution in [1.29, 1.82) is 0 Å². The lowest BCUT2D eigenvalue weighted by molar-refractivity contribution is -0.137. The van der Waals surface area contributed by atoms with Crippen LogP contribution in [0.2, 0.25) is 0 Å². The number of ether oxygens (including phenoxy) is 1. The smallest absolute Gasteiger partial charge is 0.421 e. The molecule has 1 fully saturated rings. The Kier molecular flexibility index (Phi) is 8.21. The fourth-order valence-corrected chi connectivity index (χ4v) is 5.46. The van der Waals surface area contributed by atoms with Gasteiger partial charge in [0.2, 0.25) is 21.9 Å². The molecule has 0 unspecified atom stereocenters. The Morgan fingerprint density at radius 1 is 1.00 bits per heavy atom. The number of piperazine rings is 1. The van der Waals surface area contributed by atoms with Crippen molar-refractivity contribution >= 4 is 39.0 Å². The van der Waals surface area contributed by atoms with Gasteiger partial charge in [0, 0.05) is 38.1 Å². The maximum absolute atomic E-state index is 13.6. The molecule has 0 spiro atoms. The second-order valence-electron chi connectivity index (χ2n) is 8.50. The summed E-state index contributed by atoms with van der Waals surface area (Å²) < 4.78 is 72.3. The first kappa shape index (κ1) is 27.4. The van der Waals surface area contributed by atoms with Gasteiger partial charge < -0.3 is 20.3 Å². The Morgan fingerprint density at radius 2 is 1.71 bits per heavy atom. The van der Waals surface area contributed by atoms with E-state index in [2.05, 4.69) is 25.6 Å². The van der Waals surface area contributed by atoms with Crippen molar-refractivity contribution in [3.63, 3.8) is 0 Å². The maximum Gasteiger partial charge on any atom is 0.421 e. The highest BCUT2D eigenvalue weighted by Crippen LogP contribution is 2.36. The monoisotopic (exact) mass is 551 g/mol. The van der Waals surface area contributed by atoms with Crippen LogP contribution in [0.5, 0.6) is 5.88 Å². The molecule has 3 aromatic rings. The summed E-state index contributed by atoms with van der Waals surface area (Å²) in [6.45, 7) is 3.45. The van der Waals surface area contributed by atoms with Crippen LogP contribution in [0.25, 0.3) is 0 Å². The number of hydrogen-bond donors (Lipinski definition) is 2. The number of sulfonamides is 1. The Balaban J connectivity index is 1.52. The summed E-state index contributed by atoms with van der Waals surface area (Å²) in [6, 6.07) is 11.8. The molecule has 2 aromatic heterocycles. The number of methoxy groups -OCH3 is 1. The van der Waals surface area contributed by atoms with Gasteiger partial charge in [-0.2, -0.15) is 27.4 Å². The van der Waals surface area contributed by atoms with E-state index in [9.17, 15) is 21.6 Å². The molecule has 10 nitrogen and oxygen atoms in total. The lowest BCUT2D eigenvalue weighted by Gasteiger charge is -2.34. The van der Waals surface area contributed by atoms with Gasteiger partial charge >= 0.3 is 6.18 Å². The van der Waals surface area contributed by atoms with Crippen LogP contribution < -0.4 is 20.3 Å². The van der Waals surface area contributed by atoms with Gasteiger partial charge in [-0.15, -0.1) is 0 Å². The zero-order valence-corrected chi connectivity index (χ0v) is 21.7. The van der Waals surface area contributed by atoms with E-state index >= 15 is 0 Å². The standard InChI is InChI=1S/C24H28F3N7O3S/c1-3-15-38(35,36)34-13-11-33(12-14-34)20-10-9-19(22(31-20)37-2)30-23-28-16-18(24(25,26)27)21(32-23)29-17-7-5-4-6-8-17/h4-10,16H,3,11-15H2,1-2H3,(H2,28,29,30,32). The second-order valence-corrected chi connectivity index (χ2v) is 10.6. The van der Waals surface area contributed by atoms with Crippen LogP contribution in [0, 0.1) is 0 Å². The van der Waals surface area contributed by atoms with Crippen LogP contribution in [0.3, 0.4) is 0 Å². The first-order chi connectivity index (χ1) is 18.1. The molecule has 0 amide bonds. The van der Waals surface area contributed by atoms with E-state index in [1.54, 1.807) is 42.5 Å². The van der Waals surface area contributed by atoms with E-state index in [1.165, 1.54) is 11.4 Å². The summed E-state index contributed by atoms with van der Waals surface area (Å²) in [6.07, 6.45) is -3.39. The molecule has 14 heteroatoms. The van der Waals surface area contributed by atoms with Crippen LogP contribution in [0.4, 0.5) is 42.1 Å². The van der Waals surface area contributed by atoms with Gasteiger partial charge in [0.1, 0.15) is 22.9 Å². The van der Waals surface area contributed by atoms with Crippen molar-refractivity contribution in [2.24, 2.45) is 0 Å². The third-order valence-corrected chi connectivity index (χ3v) is 7.91. The minimum atomic E-state index is -4.66. The molecule has 1 aliphatic rings. The number of alkyl halides is 3. The first-order valence-electron chi connectivity index (χ1n) is 11.9. The minimum Gasteiger partial charge on any atom is -0.479 e. The van der Waals surface area contributed by atoms with Gasteiger partial charge in [-0.05, 0) is 30.7 Å². The summed E-state index contributed by atoms with van der Waals surface area (Å²) in [5.74, 6) is 0.401. The third-order valence-electron chi connectivity index (χ3n) is 5.83. The molecule has 1 aliphatic heterocycles. The van der Waals surface area contributed by atoms with Crippen LogP contribution >= 0.6 is 0 Å². The summed E-state index contributed by atoms with van der Waals surface area (Å²) in [7, 11) is -1.85. The van der Waals surface area contributed by atoms with Crippen LogP contribution in [-0.4, -0.2) is 66.7 Å². The summed E-state index contributed by atoms with van der Waals surface area (Å²) in [5.41, 5.74) is -0.216. The highest BCUT2D eigenvalue weighted by Gasteiger charge is 2.35. The van der Waals surface area contributed by atoms with Gasteiger partial charge in [-0.1, -0.05) is 25.1 Å². The Hall–Kier alpha value is -3.65. The Morgan fingerprint density at radius 3 is 2.34 bits per heavy atom. The van der Waals surface area contributed by atoms with Gasteiger partial charge in [0.05, 0.1) is 12.9 Å². The molecule has 0 bridgehead atoms. The quantitative estimate of drug-likeness (QED) is 0.403. The fourth-order valence-electron chi connectivity index (χ4n) is 3.96. The SMILES string of the molecule is CCCS(=O)(=O)N1CCN(c2ccc(Nc3ncc(C(F)(F)F)c(Nc4ccccc4)n3)c(OC)n2)CC1. The number of rotatable bonds is 9. The molecular formula is C24H28F3N7O3S. The molecule has 1 aromatic carbocycles. The number of halogens is 3. The number of nitrogens with zero attached hydrogens (tertiary/aromatic N) is 5. The average Bonchev–Trinajstić information content (AvgIpc) is 2.89. The topological polar surface area (TPSA) is 113 Å². The van der Waals surface area contributed by atoms with Crippen molar-refractivity contribution in [2.75, 3.05) is 54.6 Å². The molecule has 3 heterocycles. The van der Waals surface area contributed by atoms with Crippen LogP contribution in [-0.2, 0) is 16.2 Å². The predicted molar refractivity (Wildman–Crippen MR) is 139 cm³/mol. The minimum absolute atomic E-state index is 0.0842. The lowest BCUT2D eigenvalue weighted by atomic mass is 10.2. The molecule has 0 atom stereocenters. The second kappa shape index (κ2) is 11.4. The Bertz CT molecular complexity index is 1350. The van der Waals surface area contributed by atoms with Gasteiger partial charge in [-0.3, -0.25) is 0 Å². The van der Waals surface area contributed by atoms with Crippen molar-refractivity contribution in [2.45, 2.75) is 19.5 Å². The molecule has 4 rings (SSSR count). The molecule has 0 aliphatic carbocycles. The molecule has 38 heavy (non-hydrogen) atoms. The summed E-state index contributed by atoms with van der Waals surface area (Å²) in [4.78, 5) is 14.3. The summed E-state index contributed by atoms with van der Waals surface area (Å²) in [5, 5.41) is 5.57. The molecule has 1 saturated heterocycles. The number of pyridine rings is 1. The van der Waals surface area contributed by atoms with Crippen LogP contribution in [0.15, 0.2) is 48.7 Å². The number of aromatic nitrogens is 3. The van der Waals surface area contributed by atoms with Gasteiger partial charge in [-0.25, -0.2) is 13.4 Å². The molecule has 204 valence electrons. The fraction of sp³-hybridized carbons (Fsp3) is 0.375. The zero-order chi connectivity index (χ0) is 27.3. The van der Waals surface area contributed by atoms with Crippen molar-refractivity contribution in [1.82, 2.24) is 19.3 Å². The molecule has 0 radical (unpaired) electrons. The van der Waals surface area contributed by atoms with E-state index in [0.717, 1.165) is 0 Å². The van der Waals surface area contributed by atoms with E-state index in [0.29, 0.717) is 56.0 Å². The Labute approximate surface area is 218 Å². The summed E-state index contributed by atoms with van der Waals surface area (Å²) >= 11 is 0. The highest BCUT2D eigenvalue weighted by atomic mass is 32.2. The number of para-hydroxylation sites is 1. The molecule has 0 saturated carbocycles. The number of nitrogens with one attached hydrogen (secondary N) is 2. The highest BCUT2D eigenvalue weighted by molar-refractivity contribution is 7.89. The van der Waals surface area contributed by atoms with E-state index in [1.807, 2.05) is 11.8 Å². The van der Waals surface area contributed by atoms with Crippen LogP contribution in [0.1, 0.15) is 18.9 Å². The van der Waals surface area contributed by atoms with E-state index < -0.39 is 27.6 Å². The first-order valence-corrected chi connectivity index (χ1v) is 13.5.